The lowest BCUT2D eigenvalue weighted by molar-refractivity contribution is -0.129. The SMILES string of the molecule is C[C@@H]1C[C@H]2[C@@H]3CCC4=CC(=O)C=C(OS(C)(=O)=O)[C@]4(C)C3=CC[C@]2(C)[C@H]1C(=O)CN1CCN(c2cc(N3CCCC3)nc(N3CCCC3)n2)CC1.O. The van der Waals surface area contributed by atoms with Crippen LogP contribution in [0.2, 0.25) is 0 Å². The second-order valence-electron chi connectivity index (χ2n) is 16.8. The average Bonchev–Trinajstić information content (AvgIpc) is 3.86. The highest BCUT2D eigenvalue weighted by molar-refractivity contribution is 7.86. The van der Waals surface area contributed by atoms with Crippen molar-refractivity contribution in [1.82, 2.24) is 14.9 Å². The van der Waals surface area contributed by atoms with Gasteiger partial charge in [0.2, 0.25) is 5.95 Å². The molecule has 12 nitrogen and oxygen atoms in total. The van der Waals surface area contributed by atoms with E-state index in [-0.39, 0.29) is 40.2 Å². The van der Waals surface area contributed by atoms with Crippen LogP contribution in [0.5, 0.6) is 0 Å². The zero-order valence-electron chi connectivity index (χ0n) is 31.3. The number of nitrogens with zero attached hydrogens (tertiary/aromatic N) is 6. The van der Waals surface area contributed by atoms with Crippen LogP contribution in [0, 0.1) is 34.5 Å². The van der Waals surface area contributed by atoms with Gasteiger partial charge in [0.1, 0.15) is 17.4 Å². The highest BCUT2D eigenvalue weighted by Gasteiger charge is 2.60. The van der Waals surface area contributed by atoms with Gasteiger partial charge in [0.15, 0.2) is 11.6 Å². The van der Waals surface area contributed by atoms with Gasteiger partial charge in [-0.05, 0) is 93.1 Å². The molecule has 1 aromatic rings. The minimum absolute atomic E-state index is 0. The molecule has 6 atom stereocenters. The Morgan fingerprint density at radius 2 is 1.54 bits per heavy atom. The van der Waals surface area contributed by atoms with E-state index in [2.05, 4.69) is 45.6 Å². The molecule has 0 unspecified atom stereocenters. The number of carbonyl (C=O) groups excluding carboxylic acids is 2. The van der Waals surface area contributed by atoms with Gasteiger partial charge in [-0.1, -0.05) is 25.5 Å². The van der Waals surface area contributed by atoms with Crippen LogP contribution < -0.4 is 14.7 Å². The summed E-state index contributed by atoms with van der Waals surface area (Å²) in [5.74, 6) is 3.99. The fourth-order valence-corrected chi connectivity index (χ4v) is 11.7. The number of rotatable bonds is 8. The van der Waals surface area contributed by atoms with Crippen molar-refractivity contribution in [2.24, 2.45) is 34.5 Å². The van der Waals surface area contributed by atoms with Gasteiger partial charge < -0.3 is 24.4 Å². The van der Waals surface area contributed by atoms with Crippen LogP contribution in [0.1, 0.15) is 72.1 Å². The first kappa shape index (κ1) is 37.0. The number of anilines is 3. The maximum Gasteiger partial charge on any atom is 0.305 e. The van der Waals surface area contributed by atoms with Crippen LogP contribution >= 0.6 is 0 Å². The molecule has 0 radical (unpaired) electrons. The number of fused-ring (bicyclic) bond motifs is 5. The topological polar surface area (TPSA) is 148 Å². The number of carbonyl (C=O) groups is 2. The number of allylic oxidation sites excluding steroid dienone is 4. The molecule has 2 N–H and O–H groups in total. The highest BCUT2D eigenvalue weighted by atomic mass is 32.2. The Morgan fingerprint density at radius 1 is 0.923 bits per heavy atom. The second kappa shape index (κ2) is 13.8. The smallest absolute Gasteiger partial charge is 0.305 e. The summed E-state index contributed by atoms with van der Waals surface area (Å²) < 4.78 is 30.1. The van der Waals surface area contributed by atoms with Gasteiger partial charge in [-0.15, -0.1) is 0 Å². The fraction of sp³-hybridized carbons (Fsp3) is 0.692. The second-order valence-corrected chi connectivity index (χ2v) is 18.4. The summed E-state index contributed by atoms with van der Waals surface area (Å²) in [6, 6.07) is 2.18. The number of piperazine rings is 1. The molecule has 1 aromatic heterocycles. The van der Waals surface area contributed by atoms with Gasteiger partial charge in [-0.3, -0.25) is 14.5 Å². The first-order valence-corrected chi connectivity index (χ1v) is 21.1. The molecule has 13 heteroatoms. The van der Waals surface area contributed by atoms with Crippen LogP contribution in [-0.2, 0) is 23.9 Å². The zero-order chi connectivity index (χ0) is 35.7. The van der Waals surface area contributed by atoms with E-state index in [1.807, 2.05) is 6.92 Å². The Kier molecular flexibility index (Phi) is 9.86. The molecule has 0 amide bonds. The summed E-state index contributed by atoms with van der Waals surface area (Å²) in [5.41, 5.74) is 1.15. The zero-order valence-corrected chi connectivity index (χ0v) is 32.1. The van der Waals surface area contributed by atoms with Crippen molar-refractivity contribution in [1.29, 1.82) is 0 Å². The molecule has 0 bridgehead atoms. The molecule has 7 aliphatic rings. The number of ketones is 2. The first-order valence-electron chi connectivity index (χ1n) is 19.3. The van der Waals surface area contributed by atoms with E-state index >= 15 is 0 Å². The van der Waals surface area contributed by atoms with Crippen molar-refractivity contribution < 1.29 is 27.7 Å². The Hall–Kier alpha value is -3.29. The lowest BCUT2D eigenvalue weighted by Crippen LogP contribution is -2.51. The lowest BCUT2D eigenvalue weighted by atomic mass is 9.51. The third kappa shape index (κ3) is 6.48. The molecule has 3 aliphatic heterocycles. The first-order chi connectivity index (χ1) is 24.3. The lowest BCUT2D eigenvalue weighted by Gasteiger charge is -2.53. The van der Waals surface area contributed by atoms with Gasteiger partial charge in [0.25, 0.3) is 0 Å². The molecule has 0 aromatic carbocycles. The minimum Gasteiger partial charge on any atom is -0.412 e. The van der Waals surface area contributed by atoms with Crippen LogP contribution in [0.15, 0.2) is 41.2 Å². The van der Waals surface area contributed by atoms with Crippen molar-refractivity contribution >= 4 is 39.3 Å². The molecule has 4 aliphatic carbocycles. The summed E-state index contributed by atoms with van der Waals surface area (Å²) in [6.07, 6.45) is 14.5. The molecule has 284 valence electrons. The Bertz CT molecular complexity index is 1760. The summed E-state index contributed by atoms with van der Waals surface area (Å²) in [4.78, 5) is 46.5. The molecular weight excluding hydrogens is 681 g/mol. The van der Waals surface area contributed by atoms with Gasteiger partial charge in [0.05, 0.1) is 18.2 Å². The molecular formula is C39H56N6O6S. The summed E-state index contributed by atoms with van der Waals surface area (Å²) in [7, 11) is -3.81. The van der Waals surface area contributed by atoms with Crippen LogP contribution in [0.4, 0.5) is 17.6 Å². The third-order valence-corrected chi connectivity index (χ3v) is 14.1. The van der Waals surface area contributed by atoms with Crippen molar-refractivity contribution in [2.45, 2.75) is 72.1 Å². The maximum absolute atomic E-state index is 14.4. The number of Topliss-reactive ketones (excluding diaryl/α,β-unsaturated/α-hetero) is 1. The van der Waals surface area contributed by atoms with E-state index in [0.717, 1.165) is 107 Å². The fourth-order valence-electron chi connectivity index (χ4n) is 11.1. The van der Waals surface area contributed by atoms with E-state index in [4.69, 9.17) is 14.2 Å². The highest BCUT2D eigenvalue weighted by Crippen LogP contribution is 2.66. The van der Waals surface area contributed by atoms with E-state index in [1.165, 1.54) is 31.8 Å². The summed E-state index contributed by atoms with van der Waals surface area (Å²) >= 11 is 0. The largest absolute Gasteiger partial charge is 0.412 e. The average molecular weight is 737 g/mol. The number of hydrogen-bond acceptors (Lipinski definition) is 11. The van der Waals surface area contributed by atoms with Gasteiger partial charge in [0, 0.05) is 70.4 Å². The van der Waals surface area contributed by atoms with Crippen molar-refractivity contribution in [3.8, 4) is 0 Å². The quantitative estimate of drug-likeness (QED) is 0.283. The Balaban J connectivity index is 0.00000420. The molecule has 5 fully saturated rings. The normalized spacial score (nSPS) is 33.4. The maximum atomic E-state index is 14.4. The Labute approximate surface area is 308 Å². The van der Waals surface area contributed by atoms with E-state index < -0.39 is 15.5 Å². The third-order valence-electron chi connectivity index (χ3n) is 13.6. The number of aromatic nitrogens is 2. The van der Waals surface area contributed by atoms with E-state index in [1.54, 1.807) is 6.08 Å². The molecule has 8 rings (SSSR count). The molecule has 0 spiro atoms. The van der Waals surface area contributed by atoms with Crippen LogP contribution in [-0.4, -0.2) is 105 Å². The predicted molar refractivity (Wildman–Crippen MR) is 202 cm³/mol. The minimum atomic E-state index is -3.81. The Morgan fingerprint density at radius 3 is 2.17 bits per heavy atom. The summed E-state index contributed by atoms with van der Waals surface area (Å²) in [6.45, 7) is 14.5. The predicted octanol–water partition coefficient (Wildman–Crippen LogP) is 3.94. The standard InChI is InChI=1S/C39H54N6O5S.H2O/c1-26-21-31-29-10-9-27-22-28(46)23-33(50-51(4,48)49)39(27,3)30(29)11-12-38(31,2)36(26)32(47)25-42-17-19-44(20-18-42)35-24-34(43-13-5-6-14-43)40-37(41-35)45-15-7-8-16-45;/h11,22-24,26,29,31,36H,5-10,12-21,25H2,1-4H3;1H2/t26-,29-,31+,36-,38+,39+;/m1./s1. The summed E-state index contributed by atoms with van der Waals surface area (Å²) in [5, 5.41) is 0. The number of hydrogen-bond donors (Lipinski definition) is 0. The van der Waals surface area contributed by atoms with E-state index in [0.29, 0.717) is 24.7 Å². The van der Waals surface area contributed by atoms with Crippen molar-refractivity contribution in [2.75, 3.05) is 79.9 Å². The molecule has 52 heavy (non-hydrogen) atoms. The van der Waals surface area contributed by atoms with Crippen LogP contribution in [0.25, 0.3) is 0 Å². The molecule has 4 heterocycles. The van der Waals surface area contributed by atoms with Gasteiger partial charge in [-0.25, -0.2) is 0 Å². The van der Waals surface area contributed by atoms with Gasteiger partial charge >= 0.3 is 10.1 Å². The van der Waals surface area contributed by atoms with Crippen LogP contribution in [0.3, 0.4) is 0 Å². The molecule has 2 saturated carbocycles. The van der Waals surface area contributed by atoms with E-state index in [9.17, 15) is 18.0 Å². The van der Waals surface area contributed by atoms with Crippen molar-refractivity contribution in [3.63, 3.8) is 0 Å². The van der Waals surface area contributed by atoms with Gasteiger partial charge in [-0.2, -0.15) is 18.4 Å². The molecule has 3 saturated heterocycles. The van der Waals surface area contributed by atoms with Crippen molar-refractivity contribution in [3.05, 3.63) is 41.2 Å². The monoisotopic (exact) mass is 736 g/mol.